The summed E-state index contributed by atoms with van der Waals surface area (Å²) in [5, 5.41) is 5.44. The van der Waals surface area contributed by atoms with E-state index in [1.807, 2.05) is 38.1 Å². The fourth-order valence-electron chi connectivity index (χ4n) is 2.94. The highest BCUT2D eigenvalue weighted by Gasteiger charge is 2.38. The number of likely N-dealkylation sites (tertiary alicyclic amines) is 1. The fourth-order valence-corrected chi connectivity index (χ4v) is 3.30. The van der Waals surface area contributed by atoms with E-state index in [4.69, 9.17) is 0 Å². The summed E-state index contributed by atoms with van der Waals surface area (Å²) in [5.41, 5.74) is 0.697. The van der Waals surface area contributed by atoms with E-state index in [2.05, 4.69) is 38.0 Å². The molecular weight excluding hydrogens is 449 g/mol. The molecule has 1 heterocycles. The number of amides is 3. The van der Waals surface area contributed by atoms with Gasteiger partial charge in [-0.3, -0.25) is 9.59 Å². The lowest BCUT2D eigenvalue weighted by molar-refractivity contribution is -0.139. The van der Waals surface area contributed by atoms with Gasteiger partial charge in [0.2, 0.25) is 11.8 Å². The Bertz CT molecular complexity index is 663. The van der Waals surface area contributed by atoms with Crippen LogP contribution in [0.5, 0.6) is 0 Å². The van der Waals surface area contributed by atoms with Crippen LogP contribution in [0.1, 0.15) is 26.7 Å². The molecule has 2 rings (SSSR count). The number of halogens is 1. The number of benzene rings is 1. The second-order valence-corrected chi connectivity index (χ2v) is 7.79. The number of nitrogens with zero attached hydrogens (tertiary/aromatic N) is 1. The van der Waals surface area contributed by atoms with Crippen LogP contribution < -0.4 is 10.6 Å². The molecule has 2 N–H and O–H groups in total. The van der Waals surface area contributed by atoms with Gasteiger partial charge in [-0.2, -0.15) is 0 Å². The van der Waals surface area contributed by atoms with Gasteiger partial charge in [-0.1, -0.05) is 13.8 Å². The Hall–Kier alpha value is -1.84. The summed E-state index contributed by atoms with van der Waals surface area (Å²) in [6.07, 6.45) is 0.695. The molecule has 0 bridgehead atoms. The summed E-state index contributed by atoms with van der Waals surface area (Å²) in [7, 11) is 1.25. The lowest BCUT2D eigenvalue weighted by Crippen LogP contribution is -2.54. The van der Waals surface area contributed by atoms with E-state index >= 15 is 0 Å². The number of rotatable bonds is 5. The number of carbonyl (C=O) groups is 3. The van der Waals surface area contributed by atoms with Crippen molar-refractivity contribution in [2.75, 3.05) is 19.0 Å². The minimum Gasteiger partial charge on any atom is -0.453 e. The van der Waals surface area contributed by atoms with Crippen molar-refractivity contribution in [1.29, 1.82) is 0 Å². The smallest absolute Gasteiger partial charge is 0.407 e. The first-order valence-corrected chi connectivity index (χ1v) is 9.62. The van der Waals surface area contributed by atoms with E-state index < -0.39 is 18.2 Å². The Kier molecular flexibility index (Phi) is 7.24. The SMILES string of the molecule is COC(=O)N[C@H](C(=O)N1CCC[C@H]1C(=O)Nc1ccc(I)cc1)C(C)C. The molecule has 1 aliphatic heterocycles. The third kappa shape index (κ3) is 5.09. The molecule has 1 fully saturated rings. The van der Waals surface area contributed by atoms with E-state index in [1.165, 1.54) is 7.11 Å². The summed E-state index contributed by atoms with van der Waals surface area (Å²) in [6.45, 7) is 4.18. The van der Waals surface area contributed by atoms with E-state index in [0.29, 0.717) is 18.7 Å². The van der Waals surface area contributed by atoms with Crippen molar-refractivity contribution >= 4 is 46.2 Å². The van der Waals surface area contributed by atoms with Gasteiger partial charge >= 0.3 is 6.09 Å². The zero-order chi connectivity index (χ0) is 19.3. The van der Waals surface area contributed by atoms with Gasteiger partial charge in [-0.15, -0.1) is 0 Å². The van der Waals surface area contributed by atoms with Gasteiger partial charge in [-0.05, 0) is 65.6 Å². The highest BCUT2D eigenvalue weighted by Crippen LogP contribution is 2.22. The highest BCUT2D eigenvalue weighted by molar-refractivity contribution is 14.1. The molecule has 1 aromatic carbocycles. The summed E-state index contributed by atoms with van der Waals surface area (Å²) in [5.74, 6) is -0.592. The van der Waals surface area contributed by atoms with E-state index in [-0.39, 0.29) is 17.7 Å². The Morgan fingerprint density at radius 3 is 2.46 bits per heavy atom. The third-order valence-corrected chi connectivity index (χ3v) is 5.06. The summed E-state index contributed by atoms with van der Waals surface area (Å²) < 4.78 is 5.68. The molecule has 3 amide bonds. The van der Waals surface area contributed by atoms with Crippen molar-refractivity contribution in [3.63, 3.8) is 0 Å². The van der Waals surface area contributed by atoms with Crippen LogP contribution in [0, 0.1) is 9.49 Å². The molecule has 0 aromatic heterocycles. The molecule has 0 radical (unpaired) electrons. The van der Waals surface area contributed by atoms with Crippen LogP contribution in [-0.2, 0) is 14.3 Å². The van der Waals surface area contributed by atoms with Crippen LogP contribution in [0.15, 0.2) is 24.3 Å². The number of anilines is 1. The van der Waals surface area contributed by atoms with E-state index in [1.54, 1.807) is 4.90 Å². The molecule has 1 aliphatic rings. The summed E-state index contributed by atoms with van der Waals surface area (Å²) in [4.78, 5) is 38.7. The number of ether oxygens (including phenoxy) is 1. The Balaban J connectivity index is 2.09. The quantitative estimate of drug-likeness (QED) is 0.644. The molecule has 26 heavy (non-hydrogen) atoms. The maximum atomic E-state index is 12.9. The fraction of sp³-hybridized carbons (Fsp3) is 0.500. The average Bonchev–Trinajstić information content (AvgIpc) is 3.10. The van der Waals surface area contributed by atoms with Gasteiger partial charge in [0.15, 0.2) is 0 Å². The molecule has 2 atom stereocenters. The molecule has 0 aliphatic carbocycles. The molecule has 1 aromatic rings. The number of alkyl carbamates (subject to hydrolysis) is 1. The first-order valence-electron chi connectivity index (χ1n) is 8.55. The van der Waals surface area contributed by atoms with Gasteiger partial charge in [0.1, 0.15) is 12.1 Å². The normalized spacial score (nSPS) is 17.7. The van der Waals surface area contributed by atoms with Gasteiger partial charge in [0, 0.05) is 15.8 Å². The van der Waals surface area contributed by atoms with Gasteiger partial charge in [0.25, 0.3) is 0 Å². The molecule has 0 unspecified atom stereocenters. The zero-order valence-electron chi connectivity index (χ0n) is 15.1. The lowest BCUT2D eigenvalue weighted by atomic mass is 10.0. The number of carbonyl (C=O) groups excluding carboxylic acids is 3. The molecule has 7 nitrogen and oxygen atoms in total. The topological polar surface area (TPSA) is 87.7 Å². The van der Waals surface area contributed by atoms with Crippen LogP contribution in [0.25, 0.3) is 0 Å². The first kappa shape index (κ1) is 20.5. The number of nitrogens with one attached hydrogen (secondary N) is 2. The van der Waals surface area contributed by atoms with Crippen LogP contribution in [0.4, 0.5) is 10.5 Å². The molecule has 0 spiro atoms. The van der Waals surface area contributed by atoms with Gasteiger partial charge < -0.3 is 20.3 Å². The number of hydrogen-bond donors (Lipinski definition) is 2. The van der Waals surface area contributed by atoms with E-state index in [0.717, 1.165) is 9.99 Å². The zero-order valence-corrected chi connectivity index (χ0v) is 17.3. The monoisotopic (exact) mass is 473 g/mol. The summed E-state index contributed by atoms with van der Waals surface area (Å²) in [6, 6.07) is 6.20. The van der Waals surface area contributed by atoms with Crippen molar-refractivity contribution in [3.05, 3.63) is 27.8 Å². The molecule has 8 heteroatoms. The van der Waals surface area contributed by atoms with Crippen LogP contribution in [-0.4, -0.2) is 48.5 Å². The lowest BCUT2D eigenvalue weighted by Gasteiger charge is -2.30. The van der Waals surface area contributed by atoms with Crippen LogP contribution >= 0.6 is 22.6 Å². The molecule has 142 valence electrons. The van der Waals surface area contributed by atoms with Crippen molar-refractivity contribution in [2.45, 2.75) is 38.8 Å². The average molecular weight is 473 g/mol. The van der Waals surface area contributed by atoms with Gasteiger partial charge in [-0.25, -0.2) is 4.79 Å². The second kappa shape index (κ2) is 9.20. The van der Waals surface area contributed by atoms with Crippen molar-refractivity contribution in [1.82, 2.24) is 10.2 Å². The largest absolute Gasteiger partial charge is 0.453 e. The predicted molar refractivity (Wildman–Crippen MR) is 107 cm³/mol. The maximum Gasteiger partial charge on any atom is 0.407 e. The second-order valence-electron chi connectivity index (χ2n) is 6.54. The Labute approximate surface area is 167 Å². The Morgan fingerprint density at radius 2 is 1.88 bits per heavy atom. The number of hydrogen-bond acceptors (Lipinski definition) is 4. The minimum atomic E-state index is -0.728. The standard InChI is InChI=1S/C18H24IN3O4/c1-11(2)15(21-18(25)26-3)17(24)22-10-4-5-14(22)16(23)20-13-8-6-12(19)7-9-13/h6-9,11,14-15H,4-5,10H2,1-3H3,(H,20,23)(H,21,25)/t14-,15-/m0/s1. The van der Waals surface area contributed by atoms with Crippen molar-refractivity contribution in [2.24, 2.45) is 5.92 Å². The minimum absolute atomic E-state index is 0.123. The maximum absolute atomic E-state index is 12.9. The first-order chi connectivity index (χ1) is 12.3. The van der Waals surface area contributed by atoms with Crippen LogP contribution in [0.2, 0.25) is 0 Å². The Morgan fingerprint density at radius 1 is 1.23 bits per heavy atom. The molecular formula is C18H24IN3O4. The molecule has 1 saturated heterocycles. The highest BCUT2D eigenvalue weighted by atomic mass is 127. The molecule has 0 saturated carbocycles. The van der Waals surface area contributed by atoms with Gasteiger partial charge in [0.05, 0.1) is 7.11 Å². The number of methoxy groups -OCH3 is 1. The van der Waals surface area contributed by atoms with Crippen molar-refractivity contribution in [3.8, 4) is 0 Å². The van der Waals surface area contributed by atoms with E-state index in [9.17, 15) is 14.4 Å². The third-order valence-electron chi connectivity index (χ3n) is 4.34. The predicted octanol–water partition coefficient (Wildman–Crippen LogP) is 2.60. The van der Waals surface area contributed by atoms with Crippen molar-refractivity contribution < 1.29 is 19.1 Å². The summed E-state index contributed by atoms with van der Waals surface area (Å²) >= 11 is 2.20. The van der Waals surface area contributed by atoms with Crippen LogP contribution in [0.3, 0.4) is 0 Å².